The second kappa shape index (κ2) is 3.88. The fraction of sp³-hybridized carbons (Fsp3) is 0.400. The summed E-state index contributed by atoms with van der Waals surface area (Å²) in [6.07, 6.45) is 0. The first-order valence-electron chi connectivity index (χ1n) is 4.70. The average Bonchev–Trinajstić information content (AvgIpc) is 2.98. The zero-order valence-electron chi connectivity index (χ0n) is 8.35. The number of sulfonamides is 1. The second-order valence-electron chi connectivity index (χ2n) is 3.70. The largest absolute Gasteiger partial charge is 0.243 e. The normalized spacial score (nSPS) is 25.2. The van der Waals surface area contributed by atoms with Crippen LogP contribution >= 0.6 is 15.9 Å². The average molecular weight is 290 g/mol. The van der Waals surface area contributed by atoms with Crippen molar-refractivity contribution in [1.29, 1.82) is 0 Å². The van der Waals surface area contributed by atoms with Gasteiger partial charge in [0.15, 0.2) is 0 Å². The molecule has 2 rings (SSSR count). The predicted molar refractivity (Wildman–Crippen MR) is 62.7 cm³/mol. The molecule has 0 spiro atoms. The van der Waals surface area contributed by atoms with Crippen LogP contribution in [0.1, 0.15) is 5.56 Å². The third kappa shape index (κ3) is 2.09. The zero-order chi connectivity index (χ0) is 11.1. The van der Waals surface area contributed by atoms with E-state index in [0.717, 1.165) is 5.56 Å². The maximum atomic E-state index is 12.0. The van der Waals surface area contributed by atoms with Gasteiger partial charge in [0, 0.05) is 17.9 Å². The number of nitrogens with zero attached hydrogens (tertiary/aromatic N) is 1. The van der Waals surface area contributed by atoms with Crippen LogP contribution in [0.3, 0.4) is 0 Å². The highest BCUT2D eigenvalue weighted by Crippen LogP contribution is 2.29. The number of rotatable bonds is 3. The van der Waals surface area contributed by atoms with Gasteiger partial charge in [-0.3, -0.25) is 0 Å². The molecule has 0 aromatic heterocycles. The summed E-state index contributed by atoms with van der Waals surface area (Å²) in [6.45, 7) is 2.57. The molecule has 2 atom stereocenters. The molecular weight excluding hydrogens is 278 g/mol. The molecule has 0 radical (unpaired) electrons. The van der Waals surface area contributed by atoms with Crippen molar-refractivity contribution < 1.29 is 8.42 Å². The molecule has 0 aliphatic carbocycles. The van der Waals surface area contributed by atoms with Crippen molar-refractivity contribution in [1.82, 2.24) is 4.31 Å². The highest BCUT2D eigenvalue weighted by molar-refractivity contribution is 9.09. The van der Waals surface area contributed by atoms with Crippen LogP contribution in [0, 0.1) is 6.92 Å². The minimum atomic E-state index is -3.24. The summed E-state index contributed by atoms with van der Waals surface area (Å²) in [4.78, 5) is 0.386. The smallest absolute Gasteiger partial charge is 0.207 e. The van der Waals surface area contributed by atoms with Crippen molar-refractivity contribution in [2.24, 2.45) is 0 Å². The summed E-state index contributed by atoms with van der Waals surface area (Å²) < 4.78 is 25.5. The molecule has 1 aromatic carbocycles. The predicted octanol–water partition coefficient (Wildman–Crippen LogP) is 1.76. The van der Waals surface area contributed by atoms with Crippen molar-refractivity contribution in [2.45, 2.75) is 17.9 Å². The van der Waals surface area contributed by atoms with Crippen molar-refractivity contribution in [3.63, 3.8) is 0 Å². The van der Waals surface area contributed by atoms with Crippen LogP contribution in [0.15, 0.2) is 29.2 Å². The molecule has 82 valence electrons. The monoisotopic (exact) mass is 289 g/mol. The van der Waals surface area contributed by atoms with E-state index in [2.05, 4.69) is 15.9 Å². The summed E-state index contributed by atoms with van der Waals surface area (Å²) in [7, 11) is -3.24. The number of halogens is 1. The van der Waals surface area contributed by atoms with Crippen LogP contribution < -0.4 is 0 Å². The lowest BCUT2D eigenvalue weighted by Crippen LogP contribution is -2.15. The minimum absolute atomic E-state index is 0.135. The van der Waals surface area contributed by atoms with Crippen molar-refractivity contribution in [2.75, 3.05) is 11.9 Å². The van der Waals surface area contributed by atoms with Gasteiger partial charge in [0.1, 0.15) is 0 Å². The van der Waals surface area contributed by atoms with Crippen LogP contribution in [0.25, 0.3) is 0 Å². The molecule has 1 aromatic rings. The standard InChI is InChI=1S/C10H12BrNO2S/c1-8-2-4-10(5-3-8)15(13,14)12-7-9(12)6-11/h2-5,9H,6-7H2,1H3. The van der Waals surface area contributed by atoms with Gasteiger partial charge < -0.3 is 0 Å². The Kier molecular flexibility index (Phi) is 2.87. The van der Waals surface area contributed by atoms with Crippen LogP contribution in [0.5, 0.6) is 0 Å². The number of aryl methyl sites for hydroxylation is 1. The van der Waals surface area contributed by atoms with Gasteiger partial charge in [0.25, 0.3) is 0 Å². The lowest BCUT2D eigenvalue weighted by atomic mass is 10.2. The fourth-order valence-electron chi connectivity index (χ4n) is 1.43. The van der Waals surface area contributed by atoms with Gasteiger partial charge in [-0.2, -0.15) is 4.31 Å². The molecule has 0 amide bonds. The summed E-state index contributed by atoms with van der Waals surface area (Å²) in [5.41, 5.74) is 1.07. The van der Waals surface area contributed by atoms with Crippen LogP contribution in [-0.4, -0.2) is 30.6 Å². The van der Waals surface area contributed by atoms with Crippen LogP contribution in [0.4, 0.5) is 0 Å². The van der Waals surface area contributed by atoms with Gasteiger partial charge >= 0.3 is 0 Å². The van der Waals surface area contributed by atoms with E-state index in [1.807, 2.05) is 19.1 Å². The van der Waals surface area contributed by atoms with Crippen molar-refractivity contribution in [3.05, 3.63) is 29.8 Å². The van der Waals surface area contributed by atoms with E-state index < -0.39 is 10.0 Å². The molecule has 15 heavy (non-hydrogen) atoms. The minimum Gasteiger partial charge on any atom is -0.207 e. The number of alkyl halides is 1. The van der Waals surface area contributed by atoms with E-state index in [4.69, 9.17) is 0 Å². The first kappa shape index (κ1) is 11.1. The number of hydrogen-bond donors (Lipinski definition) is 0. The Morgan fingerprint density at radius 1 is 1.40 bits per heavy atom. The Balaban J connectivity index is 2.27. The summed E-state index contributed by atoms with van der Waals surface area (Å²) >= 11 is 3.29. The molecule has 0 saturated carbocycles. The number of benzene rings is 1. The van der Waals surface area contributed by atoms with Crippen molar-refractivity contribution in [3.8, 4) is 0 Å². The molecule has 3 nitrogen and oxygen atoms in total. The van der Waals surface area contributed by atoms with Gasteiger partial charge in [-0.15, -0.1) is 0 Å². The Hall–Kier alpha value is -0.390. The lowest BCUT2D eigenvalue weighted by Gasteiger charge is -2.05. The first-order valence-corrected chi connectivity index (χ1v) is 7.26. The maximum Gasteiger partial charge on any atom is 0.243 e. The molecule has 1 aliphatic rings. The molecule has 1 saturated heterocycles. The summed E-state index contributed by atoms with van der Waals surface area (Å²) in [5, 5.41) is 0.706. The van der Waals surface area contributed by atoms with E-state index in [1.165, 1.54) is 4.31 Å². The van der Waals surface area contributed by atoms with Gasteiger partial charge in [-0.05, 0) is 19.1 Å². The molecule has 0 N–H and O–H groups in total. The zero-order valence-corrected chi connectivity index (χ0v) is 10.8. The quantitative estimate of drug-likeness (QED) is 0.628. The molecule has 1 fully saturated rings. The third-order valence-corrected chi connectivity index (χ3v) is 5.15. The van der Waals surface area contributed by atoms with E-state index in [-0.39, 0.29) is 6.04 Å². The van der Waals surface area contributed by atoms with Gasteiger partial charge in [-0.25, -0.2) is 8.42 Å². The summed E-state index contributed by atoms with van der Waals surface area (Å²) in [6, 6.07) is 7.10. The van der Waals surface area contributed by atoms with Gasteiger partial charge in [0.05, 0.1) is 4.90 Å². The SMILES string of the molecule is Cc1ccc(S(=O)(=O)N2CC2CBr)cc1. The van der Waals surface area contributed by atoms with Crippen LogP contribution in [0.2, 0.25) is 0 Å². The second-order valence-corrected chi connectivity index (χ2v) is 6.23. The highest BCUT2D eigenvalue weighted by Gasteiger charge is 2.43. The van der Waals surface area contributed by atoms with Crippen LogP contribution in [-0.2, 0) is 10.0 Å². The Bertz CT molecular complexity index is 455. The lowest BCUT2D eigenvalue weighted by molar-refractivity contribution is 0.556. The number of hydrogen-bond acceptors (Lipinski definition) is 2. The molecule has 1 aliphatic heterocycles. The van der Waals surface area contributed by atoms with E-state index >= 15 is 0 Å². The molecular formula is C10H12BrNO2S. The molecule has 0 bridgehead atoms. The molecule has 5 heteroatoms. The highest BCUT2D eigenvalue weighted by atomic mass is 79.9. The maximum absolute atomic E-state index is 12.0. The molecule has 2 unspecified atom stereocenters. The van der Waals surface area contributed by atoms with E-state index in [0.29, 0.717) is 16.8 Å². The van der Waals surface area contributed by atoms with Gasteiger partial charge in [0.2, 0.25) is 10.0 Å². The topological polar surface area (TPSA) is 37.1 Å². The third-order valence-electron chi connectivity index (χ3n) is 2.47. The summed E-state index contributed by atoms with van der Waals surface area (Å²) in [5.74, 6) is 0. The Labute approximate surface area is 98.3 Å². The Morgan fingerprint density at radius 2 is 2.00 bits per heavy atom. The van der Waals surface area contributed by atoms with E-state index in [1.54, 1.807) is 12.1 Å². The first-order chi connectivity index (χ1) is 7.05. The Morgan fingerprint density at radius 3 is 2.47 bits per heavy atom. The van der Waals surface area contributed by atoms with E-state index in [9.17, 15) is 8.42 Å². The molecule has 1 heterocycles. The van der Waals surface area contributed by atoms with Gasteiger partial charge in [-0.1, -0.05) is 33.6 Å². The fourth-order valence-corrected chi connectivity index (χ4v) is 3.76. The van der Waals surface area contributed by atoms with Crippen molar-refractivity contribution >= 4 is 26.0 Å².